The van der Waals surface area contributed by atoms with Crippen molar-refractivity contribution in [1.29, 1.82) is 0 Å². The Hall–Kier alpha value is -1.53. The summed E-state index contributed by atoms with van der Waals surface area (Å²) in [6, 6.07) is 0. The molecule has 0 aliphatic heterocycles. The Morgan fingerprint density at radius 3 is 2.17 bits per heavy atom. The van der Waals surface area contributed by atoms with Crippen molar-refractivity contribution in [3.8, 4) is 0 Å². The molecule has 0 aliphatic rings. The van der Waals surface area contributed by atoms with Crippen LogP contribution in [0.2, 0.25) is 0 Å². The lowest BCUT2D eigenvalue weighted by Crippen LogP contribution is -2.48. The molecule has 0 aromatic carbocycles. The first-order valence-electron chi connectivity index (χ1n) is 5.99. The Balaban J connectivity index is 3.04. The highest BCUT2D eigenvalue weighted by Crippen LogP contribution is 2.23. The summed E-state index contributed by atoms with van der Waals surface area (Å²) in [7, 11) is 5.65. The first-order valence-corrected chi connectivity index (χ1v) is 5.99. The summed E-state index contributed by atoms with van der Waals surface area (Å²) in [5.41, 5.74) is -0.529. The Morgan fingerprint density at radius 1 is 1.22 bits per heavy atom. The molecule has 7 heteroatoms. The van der Waals surface area contributed by atoms with Crippen molar-refractivity contribution in [3.63, 3.8) is 0 Å². The quantitative estimate of drug-likeness (QED) is 0.459. The zero-order chi connectivity index (χ0) is 14.1. The smallest absolute Gasteiger partial charge is 0.266 e. The van der Waals surface area contributed by atoms with E-state index in [0.29, 0.717) is 0 Å². The fourth-order valence-electron chi connectivity index (χ4n) is 1.66. The van der Waals surface area contributed by atoms with Gasteiger partial charge in [0.2, 0.25) is 0 Å². The molecular formula is C11H24N7+. The van der Waals surface area contributed by atoms with Crippen molar-refractivity contribution in [2.45, 2.75) is 45.7 Å². The second-order valence-corrected chi connectivity index (χ2v) is 5.99. The van der Waals surface area contributed by atoms with E-state index < -0.39 is 0 Å². The van der Waals surface area contributed by atoms with Gasteiger partial charge in [-0.3, -0.25) is 5.01 Å². The van der Waals surface area contributed by atoms with Gasteiger partial charge in [0, 0.05) is 7.05 Å². The summed E-state index contributed by atoms with van der Waals surface area (Å²) in [5, 5.41) is 18.4. The maximum atomic E-state index is 4.28. The maximum absolute atomic E-state index is 4.28. The molecule has 0 saturated heterocycles. The lowest BCUT2D eigenvalue weighted by atomic mass is 10.0. The molecule has 0 amide bonds. The lowest BCUT2D eigenvalue weighted by molar-refractivity contribution is -0.743. The maximum Gasteiger partial charge on any atom is 0.283 e. The summed E-state index contributed by atoms with van der Waals surface area (Å²) in [4.78, 5) is 0. The predicted octanol–water partition coefficient (Wildman–Crippen LogP) is 0.972. The van der Waals surface area contributed by atoms with Crippen LogP contribution in [0.4, 0.5) is 0 Å². The molecule has 0 saturated carbocycles. The van der Waals surface area contributed by atoms with Gasteiger partial charge < -0.3 is 0 Å². The number of aryl methyl sites for hydroxylation is 2. The van der Waals surface area contributed by atoms with E-state index in [4.69, 9.17) is 0 Å². The van der Waals surface area contributed by atoms with Gasteiger partial charge in [-0.2, -0.15) is 5.11 Å². The van der Waals surface area contributed by atoms with Crippen LogP contribution >= 0.6 is 0 Å². The van der Waals surface area contributed by atoms with Crippen LogP contribution in [0.5, 0.6) is 0 Å². The van der Waals surface area contributed by atoms with Gasteiger partial charge in [-0.1, -0.05) is 9.91 Å². The first kappa shape index (κ1) is 14.5. The highest BCUT2D eigenvalue weighted by Gasteiger charge is 2.37. The van der Waals surface area contributed by atoms with E-state index in [0.717, 1.165) is 5.82 Å². The highest BCUT2D eigenvalue weighted by molar-refractivity contribution is 4.94. The third-order valence-electron chi connectivity index (χ3n) is 2.76. The van der Waals surface area contributed by atoms with Gasteiger partial charge in [-0.15, -0.1) is 4.68 Å². The molecule has 0 radical (unpaired) electrons. The van der Waals surface area contributed by atoms with E-state index in [1.807, 2.05) is 46.9 Å². The van der Waals surface area contributed by atoms with E-state index in [1.165, 1.54) is 0 Å². The Labute approximate surface area is 108 Å². The molecule has 1 heterocycles. The van der Waals surface area contributed by atoms with Gasteiger partial charge in [0.15, 0.2) is 5.21 Å². The number of hydrogen-bond donors (Lipinski definition) is 0. The van der Waals surface area contributed by atoms with Gasteiger partial charge >= 0.3 is 0 Å². The monoisotopic (exact) mass is 254 g/mol. The Kier molecular flexibility index (Phi) is 3.73. The minimum Gasteiger partial charge on any atom is -0.266 e. The van der Waals surface area contributed by atoms with Crippen molar-refractivity contribution in [3.05, 3.63) is 5.82 Å². The van der Waals surface area contributed by atoms with Crippen LogP contribution in [0.15, 0.2) is 10.3 Å². The molecular weight excluding hydrogens is 230 g/mol. The third kappa shape index (κ3) is 3.02. The number of hydrogen-bond acceptors (Lipinski definition) is 4. The topological polar surface area (TPSA) is 62.6 Å². The van der Waals surface area contributed by atoms with Crippen LogP contribution in [-0.4, -0.2) is 32.7 Å². The van der Waals surface area contributed by atoms with Gasteiger partial charge in [0.05, 0.1) is 19.6 Å². The minimum absolute atomic E-state index is 0.183. The lowest BCUT2D eigenvalue weighted by Gasteiger charge is -2.29. The zero-order valence-electron chi connectivity index (χ0n) is 12.6. The second kappa shape index (κ2) is 4.62. The van der Waals surface area contributed by atoms with Crippen LogP contribution in [0, 0.1) is 0 Å². The second-order valence-electron chi connectivity index (χ2n) is 5.99. The molecule has 102 valence electrons. The van der Waals surface area contributed by atoms with Crippen LogP contribution in [0.3, 0.4) is 0 Å². The first-order chi connectivity index (χ1) is 8.05. The predicted molar refractivity (Wildman–Crippen MR) is 67.6 cm³/mol. The van der Waals surface area contributed by atoms with E-state index in [9.17, 15) is 0 Å². The van der Waals surface area contributed by atoms with Crippen LogP contribution in [-0.2, 0) is 19.6 Å². The Morgan fingerprint density at radius 2 is 1.78 bits per heavy atom. The van der Waals surface area contributed by atoms with E-state index in [1.54, 1.807) is 9.36 Å². The van der Waals surface area contributed by atoms with Gasteiger partial charge in [-0.25, -0.2) is 0 Å². The molecule has 0 N–H and O–H groups in total. The standard InChI is InChI=1S/C11H24N7/c1-10(2,3)12-13-18(8)11(4,5)9-16(6)14-15-17(9)7/h1-8H3/q+1. The van der Waals surface area contributed by atoms with E-state index in [2.05, 4.69) is 34.6 Å². The summed E-state index contributed by atoms with van der Waals surface area (Å²) < 4.78 is 3.51. The van der Waals surface area contributed by atoms with Gasteiger partial charge in [0.1, 0.15) is 10.8 Å². The fraction of sp³-hybridized carbons (Fsp3) is 0.909. The highest BCUT2D eigenvalue weighted by atomic mass is 15.6. The number of nitrogens with zero attached hydrogens (tertiary/aromatic N) is 7. The molecule has 1 rings (SSSR count). The van der Waals surface area contributed by atoms with Crippen molar-refractivity contribution in [2.24, 2.45) is 24.4 Å². The molecule has 0 atom stereocenters. The number of aromatic nitrogens is 4. The van der Waals surface area contributed by atoms with Crippen molar-refractivity contribution >= 4 is 0 Å². The normalized spacial score (nSPS) is 13.3. The number of rotatable bonds is 3. The van der Waals surface area contributed by atoms with Crippen molar-refractivity contribution < 1.29 is 4.68 Å². The van der Waals surface area contributed by atoms with E-state index >= 15 is 0 Å². The van der Waals surface area contributed by atoms with Crippen LogP contribution < -0.4 is 4.68 Å². The minimum atomic E-state index is -0.345. The molecule has 0 bridgehead atoms. The molecule has 18 heavy (non-hydrogen) atoms. The molecule has 0 unspecified atom stereocenters. The van der Waals surface area contributed by atoms with Gasteiger partial charge in [-0.05, 0) is 34.6 Å². The van der Waals surface area contributed by atoms with Crippen molar-refractivity contribution in [2.75, 3.05) is 7.05 Å². The molecule has 0 fully saturated rings. The Bertz CT molecular complexity index is 419. The van der Waals surface area contributed by atoms with E-state index in [-0.39, 0.29) is 11.1 Å². The summed E-state index contributed by atoms with van der Waals surface area (Å²) in [6.45, 7) is 10.2. The average molecular weight is 254 g/mol. The summed E-state index contributed by atoms with van der Waals surface area (Å²) in [5.74, 6) is 0.956. The van der Waals surface area contributed by atoms with Crippen LogP contribution in [0.25, 0.3) is 0 Å². The van der Waals surface area contributed by atoms with Crippen molar-refractivity contribution in [1.82, 2.24) is 20.1 Å². The third-order valence-corrected chi connectivity index (χ3v) is 2.76. The summed E-state index contributed by atoms with van der Waals surface area (Å²) in [6.07, 6.45) is 0. The van der Waals surface area contributed by atoms with Crippen LogP contribution in [0.1, 0.15) is 40.4 Å². The SMILES string of the molecule is CN(N=NC(C)(C)C)C(C)(C)c1n(C)nn[n+]1C. The fourth-order valence-corrected chi connectivity index (χ4v) is 1.66. The number of tetrazole rings is 1. The molecule has 1 aromatic heterocycles. The molecule has 1 aromatic rings. The largest absolute Gasteiger partial charge is 0.283 e. The average Bonchev–Trinajstić information content (AvgIpc) is 2.54. The summed E-state index contributed by atoms with van der Waals surface area (Å²) >= 11 is 0. The zero-order valence-corrected chi connectivity index (χ0v) is 12.6. The molecule has 7 nitrogen and oxygen atoms in total. The molecule has 0 spiro atoms. The molecule has 0 aliphatic carbocycles. The van der Waals surface area contributed by atoms with Gasteiger partial charge in [0.25, 0.3) is 5.82 Å².